The summed E-state index contributed by atoms with van der Waals surface area (Å²) in [5.74, 6) is -0.447. The Labute approximate surface area is 178 Å². The average molecular weight is 422 g/mol. The molecule has 0 aliphatic carbocycles. The lowest BCUT2D eigenvalue weighted by atomic mass is 10.0. The van der Waals surface area contributed by atoms with Gasteiger partial charge in [-0.3, -0.25) is 14.4 Å². The summed E-state index contributed by atoms with van der Waals surface area (Å²) in [4.78, 5) is 43.4. The van der Waals surface area contributed by atoms with E-state index in [1.165, 1.54) is 0 Å². The van der Waals surface area contributed by atoms with E-state index in [-0.39, 0.29) is 30.9 Å². The Morgan fingerprint density at radius 1 is 1.19 bits per heavy atom. The maximum absolute atomic E-state index is 13.3. The normalized spacial score (nSPS) is 20.1. The van der Waals surface area contributed by atoms with E-state index in [0.29, 0.717) is 29.3 Å². The second-order valence-electron chi connectivity index (χ2n) is 7.44. The fourth-order valence-electron chi connectivity index (χ4n) is 3.66. The molecule has 0 unspecified atom stereocenters. The van der Waals surface area contributed by atoms with Gasteiger partial charge < -0.3 is 25.5 Å². The van der Waals surface area contributed by atoms with Crippen molar-refractivity contribution >= 4 is 34.8 Å². The van der Waals surface area contributed by atoms with Gasteiger partial charge in [-0.2, -0.15) is 0 Å². The van der Waals surface area contributed by atoms with Crippen LogP contribution in [0.2, 0.25) is 0 Å². The molecule has 3 amide bonds. The first-order valence-electron chi connectivity index (χ1n) is 9.88. The molecular formula is C22H22N4O5. The van der Waals surface area contributed by atoms with E-state index in [1.807, 2.05) is 19.1 Å². The molecule has 0 aromatic heterocycles. The Bertz CT molecular complexity index is 1050. The lowest BCUT2D eigenvalue weighted by Crippen LogP contribution is -2.45. The molecule has 9 heteroatoms. The Morgan fingerprint density at radius 2 is 1.94 bits per heavy atom. The molecular weight excluding hydrogens is 400 g/mol. The molecule has 0 saturated carbocycles. The van der Waals surface area contributed by atoms with Crippen molar-refractivity contribution in [1.29, 1.82) is 0 Å². The van der Waals surface area contributed by atoms with Crippen LogP contribution in [0.25, 0.3) is 0 Å². The Hall–Kier alpha value is -3.88. The first-order chi connectivity index (χ1) is 14.9. The summed E-state index contributed by atoms with van der Waals surface area (Å²) < 4.78 is 5.25. The number of para-hydroxylation sites is 2. The van der Waals surface area contributed by atoms with Crippen molar-refractivity contribution in [3.8, 4) is 5.75 Å². The number of primary amides is 1. The van der Waals surface area contributed by atoms with Gasteiger partial charge >= 0.3 is 0 Å². The van der Waals surface area contributed by atoms with Crippen LogP contribution in [0.4, 0.5) is 11.4 Å². The van der Waals surface area contributed by atoms with Crippen LogP contribution in [-0.2, 0) is 19.2 Å². The van der Waals surface area contributed by atoms with E-state index in [1.54, 1.807) is 41.3 Å². The highest BCUT2D eigenvalue weighted by Crippen LogP contribution is 2.33. The number of carbonyl (C=O) groups excluding carboxylic acids is 3. The number of oxime groups is 1. The highest BCUT2D eigenvalue weighted by atomic mass is 16.6. The highest BCUT2D eigenvalue weighted by Gasteiger charge is 2.37. The zero-order chi connectivity index (χ0) is 22.0. The van der Waals surface area contributed by atoms with E-state index >= 15 is 0 Å². The molecule has 0 saturated heterocycles. The van der Waals surface area contributed by atoms with Crippen LogP contribution in [0, 0.1) is 0 Å². The summed E-state index contributed by atoms with van der Waals surface area (Å²) in [7, 11) is 0. The third-order valence-corrected chi connectivity index (χ3v) is 5.11. The number of carbonyl (C=O) groups is 3. The number of rotatable bonds is 5. The van der Waals surface area contributed by atoms with Gasteiger partial charge in [-0.15, -0.1) is 0 Å². The van der Waals surface area contributed by atoms with Gasteiger partial charge in [0.1, 0.15) is 5.75 Å². The van der Waals surface area contributed by atoms with Gasteiger partial charge in [0.15, 0.2) is 6.61 Å². The lowest BCUT2D eigenvalue weighted by molar-refractivity contribution is -0.129. The minimum atomic E-state index is -0.788. The maximum atomic E-state index is 13.3. The van der Waals surface area contributed by atoms with Gasteiger partial charge in [0, 0.05) is 18.9 Å². The number of anilines is 2. The fourth-order valence-corrected chi connectivity index (χ4v) is 3.66. The molecule has 31 heavy (non-hydrogen) atoms. The summed E-state index contributed by atoms with van der Waals surface area (Å²) >= 11 is 0. The van der Waals surface area contributed by atoms with Crippen LogP contribution in [0.5, 0.6) is 5.75 Å². The van der Waals surface area contributed by atoms with Crippen LogP contribution < -0.4 is 20.7 Å². The smallest absolute Gasteiger partial charge is 0.271 e. The summed E-state index contributed by atoms with van der Waals surface area (Å²) in [6.45, 7) is 1.63. The standard InChI is InChI=1S/C22H22N4O5/c1-13-10-21(28)24-16-4-2-3-5-18(16)26(13)22(29)19-11-17(25-31-19)14-6-8-15(9-7-14)30-12-20(23)27/h2-9,13,19H,10-12H2,1H3,(H2,23,27)(H,24,28)/t13-,19+/m1/s1. The predicted octanol–water partition coefficient (Wildman–Crippen LogP) is 1.81. The van der Waals surface area contributed by atoms with Gasteiger partial charge in [0.05, 0.1) is 17.1 Å². The number of hydrogen-bond acceptors (Lipinski definition) is 6. The minimum Gasteiger partial charge on any atom is -0.484 e. The van der Waals surface area contributed by atoms with Crippen LogP contribution in [0.15, 0.2) is 53.7 Å². The van der Waals surface area contributed by atoms with Crippen molar-refractivity contribution in [3.05, 3.63) is 54.1 Å². The quantitative estimate of drug-likeness (QED) is 0.761. The molecule has 160 valence electrons. The van der Waals surface area contributed by atoms with E-state index in [0.717, 1.165) is 5.56 Å². The minimum absolute atomic E-state index is 0.141. The topological polar surface area (TPSA) is 123 Å². The predicted molar refractivity (Wildman–Crippen MR) is 114 cm³/mol. The summed E-state index contributed by atoms with van der Waals surface area (Å²) in [5, 5.41) is 6.94. The molecule has 0 spiro atoms. The first-order valence-corrected chi connectivity index (χ1v) is 9.88. The van der Waals surface area contributed by atoms with Crippen molar-refractivity contribution in [2.75, 3.05) is 16.8 Å². The van der Waals surface area contributed by atoms with Gasteiger partial charge in [-0.25, -0.2) is 0 Å². The Morgan fingerprint density at radius 3 is 2.68 bits per heavy atom. The monoisotopic (exact) mass is 422 g/mol. The second-order valence-corrected chi connectivity index (χ2v) is 7.44. The zero-order valence-corrected chi connectivity index (χ0v) is 16.9. The van der Waals surface area contributed by atoms with Crippen LogP contribution in [-0.4, -0.2) is 42.2 Å². The number of ether oxygens (including phenoxy) is 1. The summed E-state index contributed by atoms with van der Waals surface area (Å²) in [5.41, 5.74) is 7.71. The highest BCUT2D eigenvalue weighted by molar-refractivity contribution is 6.09. The largest absolute Gasteiger partial charge is 0.484 e. The van der Waals surface area contributed by atoms with E-state index in [2.05, 4.69) is 10.5 Å². The average Bonchev–Trinajstić information content (AvgIpc) is 3.19. The molecule has 2 aliphatic heterocycles. The number of amides is 3. The number of hydrogen-bond donors (Lipinski definition) is 2. The van der Waals surface area contributed by atoms with E-state index < -0.39 is 12.0 Å². The SMILES string of the molecule is C[C@@H]1CC(=O)Nc2ccccc2N1C(=O)[C@@H]1CC(c2ccc(OCC(N)=O)cc2)=NO1. The van der Waals surface area contributed by atoms with Crippen molar-refractivity contribution in [2.45, 2.75) is 31.9 Å². The molecule has 0 radical (unpaired) electrons. The molecule has 0 fully saturated rings. The second kappa shape index (κ2) is 8.47. The molecule has 3 N–H and O–H groups in total. The van der Waals surface area contributed by atoms with Crippen LogP contribution in [0.1, 0.15) is 25.3 Å². The Kier molecular flexibility index (Phi) is 5.57. The van der Waals surface area contributed by atoms with Crippen molar-refractivity contribution < 1.29 is 24.0 Å². The van der Waals surface area contributed by atoms with Crippen LogP contribution >= 0.6 is 0 Å². The molecule has 2 aromatic rings. The summed E-state index contributed by atoms with van der Waals surface area (Å²) in [6.07, 6.45) is -0.301. The number of benzene rings is 2. The number of nitrogens with zero attached hydrogens (tertiary/aromatic N) is 2. The van der Waals surface area contributed by atoms with Gasteiger partial charge in [-0.1, -0.05) is 17.3 Å². The van der Waals surface area contributed by atoms with Crippen molar-refractivity contribution in [2.24, 2.45) is 10.9 Å². The van der Waals surface area contributed by atoms with Crippen LogP contribution in [0.3, 0.4) is 0 Å². The van der Waals surface area contributed by atoms with Gasteiger partial charge in [0.2, 0.25) is 12.0 Å². The zero-order valence-electron chi connectivity index (χ0n) is 16.9. The third-order valence-electron chi connectivity index (χ3n) is 5.11. The number of fused-ring (bicyclic) bond motifs is 1. The molecule has 4 rings (SSSR count). The van der Waals surface area contributed by atoms with Gasteiger partial charge in [0.25, 0.3) is 11.8 Å². The summed E-state index contributed by atoms with van der Waals surface area (Å²) in [6, 6.07) is 13.8. The third kappa shape index (κ3) is 4.35. The first kappa shape index (κ1) is 20.4. The lowest BCUT2D eigenvalue weighted by Gasteiger charge is -2.29. The number of nitrogens with two attached hydrogens (primary N) is 1. The van der Waals surface area contributed by atoms with E-state index in [9.17, 15) is 14.4 Å². The maximum Gasteiger partial charge on any atom is 0.271 e. The van der Waals surface area contributed by atoms with Crippen molar-refractivity contribution in [3.63, 3.8) is 0 Å². The molecule has 2 heterocycles. The van der Waals surface area contributed by atoms with Crippen molar-refractivity contribution in [1.82, 2.24) is 0 Å². The molecule has 2 aromatic carbocycles. The molecule has 9 nitrogen and oxygen atoms in total. The fraction of sp³-hybridized carbons (Fsp3) is 0.273. The molecule has 2 atom stereocenters. The Balaban J connectivity index is 1.48. The van der Waals surface area contributed by atoms with Gasteiger partial charge in [-0.05, 0) is 48.9 Å². The number of nitrogens with one attached hydrogen (secondary N) is 1. The molecule has 2 aliphatic rings. The molecule has 0 bridgehead atoms. The van der Waals surface area contributed by atoms with E-state index in [4.69, 9.17) is 15.3 Å².